The number of hydrogen-bond donors (Lipinski definition) is 0. The molecule has 3 nitrogen and oxygen atoms in total. The maximum Gasteiger partial charge on any atom is 0.454 e. The Kier molecular flexibility index (Phi) is 4.33. The Hall–Kier alpha value is -2.29. The van der Waals surface area contributed by atoms with Crippen molar-refractivity contribution in [2.75, 3.05) is 11.4 Å². The van der Waals surface area contributed by atoms with Crippen LogP contribution < -0.4 is 4.90 Å². The molecule has 0 bridgehead atoms. The van der Waals surface area contributed by atoms with E-state index in [0.29, 0.717) is 25.5 Å². The van der Waals surface area contributed by atoms with Gasteiger partial charge >= 0.3 is 12.4 Å². The molecule has 0 N–H and O–H groups in total. The van der Waals surface area contributed by atoms with Gasteiger partial charge in [0.05, 0.1) is 5.69 Å². The number of anilines is 1. The Morgan fingerprint density at radius 1 is 1.04 bits per heavy atom. The lowest BCUT2D eigenvalue weighted by Gasteiger charge is -2.45. The Morgan fingerprint density at radius 3 is 2.36 bits per heavy atom. The number of hydrogen-bond acceptors (Lipinski definition) is 3. The van der Waals surface area contributed by atoms with Gasteiger partial charge in [-0.15, -0.1) is 0 Å². The number of benzene rings is 2. The minimum atomic E-state index is -5.20. The van der Waals surface area contributed by atoms with Crippen molar-refractivity contribution in [1.82, 2.24) is 0 Å². The van der Waals surface area contributed by atoms with E-state index in [-0.39, 0.29) is 16.5 Å². The van der Waals surface area contributed by atoms with Crippen molar-refractivity contribution in [3.8, 4) is 0 Å². The monoisotopic (exact) mass is 403 g/mol. The number of piperidine rings is 1. The number of fused-ring (bicyclic) bond motifs is 5. The minimum Gasteiger partial charge on any atom is -0.345 e. The van der Waals surface area contributed by atoms with Gasteiger partial charge in [0.1, 0.15) is 6.23 Å². The highest BCUT2D eigenvalue weighted by atomic mass is 19.4. The molecule has 150 valence electrons. The highest BCUT2D eigenvalue weighted by Gasteiger charge is 2.50. The van der Waals surface area contributed by atoms with Crippen LogP contribution in [0, 0.1) is 0 Å². The quantitative estimate of drug-likeness (QED) is 0.463. The van der Waals surface area contributed by atoms with Gasteiger partial charge in [-0.05, 0) is 30.7 Å². The van der Waals surface area contributed by atoms with Crippen molar-refractivity contribution in [2.24, 2.45) is 0 Å². The molecule has 1 fully saturated rings. The first kappa shape index (κ1) is 19.0. The summed E-state index contributed by atoms with van der Waals surface area (Å²) in [6.45, 7) is 0.429. The summed E-state index contributed by atoms with van der Waals surface area (Å²) in [6.07, 6.45) is -11.4. The zero-order chi connectivity index (χ0) is 20.3. The fourth-order valence-corrected chi connectivity index (χ4v) is 4.02. The minimum absolute atomic E-state index is 0.0178. The normalized spacial score (nSPS) is 22.7. The van der Waals surface area contributed by atoms with Gasteiger partial charge in [0, 0.05) is 23.1 Å². The predicted molar refractivity (Wildman–Crippen MR) is 89.2 cm³/mol. The summed E-state index contributed by atoms with van der Waals surface area (Å²) >= 11 is 0. The van der Waals surface area contributed by atoms with E-state index in [0.717, 1.165) is 6.42 Å². The molecule has 1 saturated heterocycles. The SMILES string of the molecule is O=C(c1cc2c(c3ccccc13)N1CCCCC1OC2C(F)(F)F)C(F)(F)F. The summed E-state index contributed by atoms with van der Waals surface area (Å²) in [4.78, 5) is 13.6. The highest BCUT2D eigenvalue weighted by Crippen LogP contribution is 2.50. The fourth-order valence-electron chi connectivity index (χ4n) is 4.02. The van der Waals surface area contributed by atoms with E-state index in [1.165, 1.54) is 24.3 Å². The number of ketones is 1. The number of ether oxygens (including phenoxy) is 1. The number of Topliss-reactive ketones (excluding diaryl/α,β-unsaturated/α-hetero) is 1. The molecule has 0 amide bonds. The van der Waals surface area contributed by atoms with Crippen molar-refractivity contribution >= 4 is 22.2 Å². The van der Waals surface area contributed by atoms with Crippen LogP contribution in [0.25, 0.3) is 10.8 Å². The van der Waals surface area contributed by atoms with Crippen LogP contribution in [0.1, 0.15) is 41.3 Å². The summed E-state index contributed by atoms with van der Waals surface area (Å²) in [7, 11) is 0. The van der Waals surface area contributed by atoms with E-state index in [1.54, 1.807) is 4.90 Å². The molecule has 2 aromatic rings. The van der Waals surface area contributed by atoms with Gasteiger partial charge in [-0.25, -0.2) is 0 Å². The molecule has 0 aliphatic carbocycles. The first-order valence-electron chi connectivity index (χ1n) is 8.75. The smallest absolute Gasteiger partial charge is 0.345 e. The third-order valence-electron chi connectivity index (χ3n) is 5.16. The maximum absolute atomic E-state index is 13.7. The summed E-state index contributed by atoms with van der Waals surface area (Å²) in [5.74, 6) is -2.17. The third kappa shape index (κ3) is 3.01. The van der Waals surface area contributed by atoms with E-state index < -0.39 is 41.6 Å². The van der Waals surface area contributed by atoms with E-state index in [9.17, 15) is 31.1 Å². The second-order valence-corrected chi connectivity index (χ2v) is 6.94. The lowest BCUT2D eigenvalue weighted by Crippen LogP contribution is -2.48. The van der Waals surface area contributed by atoms with E-state index >= 15 is 0 Å². The molecule has 0 radical (unpaired) electrons. The van der Waals surface area contributed by atoms with Gasteiger partial charge in [0.15, 0.2) is 6.10 Å². The number of nitrogens with zero attached hydrogens (tertiary/aromatic N) is 1. The van der Waals surface area contributed by atoms with Crippen molar-refractivity contribution in [3.63, 3.8) is 0 Å². The highest BCUT2D eigenvalue weighted by molar-refractivity contribution is 6.14. The Labute approximate surface area is 155 Å². The predicted octanol–water partition coefficient (Wildman–Crippen LogP) is 5.53. The second-order valence-electron chi connectivity index (χ2n) is 6.94. The average Bonchev–Trinajstić information content (AvgIpc) is 2.64. The van der Waals surface area contributed by atoms with E-state index in [2.05, 4.69) is 0 Å². The molecule has 2 unspecified atom stereocenters. The zero-order valence-electron chi connectivity index (χ0n) is 14.4. The Bertz CT molecular complexity index is 936. The first-order valence-corrected chi connectivity index (χ1v) is 8.75. The van der Waals surface area contributed by atoms with Crippen LogP contribution in [-0.4, -0.2) is 30.9 Å². The van der Waals surface area contributed by atoms with E-state index in [4.69, 9.17) is 4.74 Å². The van der Waals surface area contributed by atoms with Crippen LogP contribution in [0.3, 0.4) is 0 Å². The molecular formula is C19H15F6NO2. The molecule has 2 aliphatic heterocycles. The summed E-state index contributed by atoms with van der Waals surface area (Å²) in [5, 5.41) is 0.174. The fraction of sp³-hybridized carbons (Fsp3) is 0.421. The number of alkyl halides is 6. The zero-order valence-corrected chi connectivity index (χ0v) is 14.4. The number of halogens is 6. The molecule has 2 aromatic carbocycles. The van der Waals surface area contributed by atoms with Crippen LogP contribution in [0.4, 0.5) is 32.0 Å². The van der Waals surface area contributed by atoms with Gasteiger partial charge in [0.2, 0.25) is 0 Å². The molecule has 0 saturated carbocycles. The first-order chi connectivity index (χ1) is 13.1. The molecule has 2 heterocycles. The number of carbonyl (C=O) groups excluding carboxylic acids is 1. The summed E-state index contributed by atoms with van der Waals surface area (Å²) in [5.41, 5.74) is -1.04. The van der Waals surface area contributed by atoms with Crippen LogP contribution in [0.2, 0.25) is 0 Å². The van der Waals surface area contributed by atoms with Gasteiger partial charge in [-0.3, -0.25) is 4.79 Å². The standard InChI is InChI=1S/C19H15F6NO2/c20-18(21,22)16(27)12-9-13-15(11-6-2-1-5-10(11)12)26-8-4-3-7-14(26)28-17(13)19(23,24)25/h1-2,5-6,9,14,17H,3-4,7-8H2. The molecular weight excluding hydrogens is 388 g/mol. The van der Waals surface area contributed by atoms with Crippen molar-refractivity contribution in [1.29, 1.82) is 0 Å². The number of carbonyl (C=O) groups is 1. The van der Waals surface area contributed by atoms with Crippen molar-refractivity contribution < 1.29 is 35.9 Å². The molecule has 28 heavy (non-hydrogen) atoms. The summed E-state index contributed by atoms with van der Waals surface area (Å²) in [6, 6.07) is 6.46. The molecule has 2 aliphatic rings. The lowest BCUT2D eigenvalue weighted by molar-refractivity contribution is -0.241. The average molecular weight is 403 g/mol. The van der Waals surface area contributed by atoms with Crippen molar-refractivity contribution in [2.45, 2.75) is 43.9 Å². The summed E-state index contributed by atoms with van der Waals surface area (Å²) < 4.78 is 85.6. The Morgan fingerprint density at radius 2 is 1.71 bits per heavy atom. The second kappa shape index (κ2) is 6.37. The molecule has 9 heteroatoms. The third-order valence-corrected chi connectivity index (χ3v) is 5.16. The van der Waals surface area contributed by atoms with Gasteiger partial charge in [-0.2, -0.15) is 26.3 Å². The van der Waals surface area contributed by atoms with Crippen LogP contribution in [0.15, 0.2) is 30.3 Å². The molecule has 2 atom stereocenters. The maximum atomic E-state index is 13.7. The molecule has 0 aromatic heterocycles. The van der Waals surface area contributed by atoms with Crippen molar-refractivity contribution in [3.05, 3.63) is 41.5 Å². The molecule has 0 spiro atoms. The largest absolute Gasteiger partial charge is 0.454 e. The van der Waals surface area contributed by atoms with Crippen LogP contribution in [0.5, 0.6) is 0 Å². The van der Waals surface area contributed by atoms with Crippen LogP contribution >= 0.6 is 0 Å². The van der Waals surface area contributed by atoms with Gasteiger partial charge < -0.3 is 9.64 Å². The molecule has 4 rings (SSSR count). The van der Waals surface area contributed by atoms with Crippen LogP contribution in [-0.2, 0) is 4.74 Å². The number of rotatable bonds is 1. The topological polar surface area (TPSA) is 29.5 Å². The van der Waals surface area contributed by atoms with E-state index in [1.807, 2.05) is 0 Å². The Balaban J connectivity index is 2.04. The van der Waals surface area contributed by atoms with Gasteiger partial charge in [0.25, 0.3) is 5.78 Å². The van der Waals surface area contributed by atoms with Gasteiger partial charge in [-0.1, -0.05) is 24.3 Å². The lowest BCUT2D eigenvalue weighted by atomic mass is 9.90.